The average Bonchev–Trinajstić information content (AvgIpc) is 2.98. The maximum absolute atomic E-state index is 13.4. The van der Waals surface area contributed by atoms with E-state index in [1.807, 2.05) is 0 Å². The van der Waals surface area contributed by atoms with Crippen molar-refractivity contribution in [3.05, 3.63) is 45.5 Å². The van der Waals surface area contributed by atoms with Crippen LogP contribution >= 0.6 is 0 Å². The maximum atomic E-state index is 13.4. The van der Waals surface area contributed by atoms with Crippen LogP contribution in [-0.2, 0) is 11.2 Å². The molecule has 1 fully saturated rings. The van der Waals surface area contributed by atoms with Crippen molar-refractivity contribution in [1.29, 1.82) is 0 Å². The van der Waals surface area contributed by atoms with Gasteiger partial charge < -0.3 is 14.7 Å². The average molecular weight is 386 g/mol. The Morgan fingerprint density at radius 2 is 1.96 bits per heavy atom. The SMILES string of the molecule is CC(C)(C)OC(=O)N1CCC[C@@H]1[C@H](O)[C@H](Cc1cc(F)cc(F)c1)[N+](=O)[O-]. The van der Waals surface area contributed by atoms with E-state index >= 15 is 0 Å². The topological polar surface area (TPSA) is 92.9 Å². The first kappa shape index (κ1) is 21.0. The molecular weight excluding hydrogens is 362 g/mol. The van der Waals surface area contributed by atoms with Crippen LogP contribution < -0.4 is 0 Å². The lowest BCUT2D eigenvalue weighted by Gasteiger charge is -2.31. The Kier molecular flexibility index (Phi) is 6.35. The molecule has 0 bridgehead atoms. The summed E-state index contributed by atoms with van der Waals surface area (Å²) in [6, 6.07) is 0.342. The van der Waals surface area contributed by atoms with Crippen molar-refractivity contribution >= 4 is 6.09 Å². The molecule has 9 heteroatoms. The molecule has 150 valence electrons. The molecule has 1 amide bonds. The number of aliphatic hydroxyl groups excluding tert-OH is 1. The zero-order chi connectivity index (χ0) is 20.4. The van der Waals surface area contributed by atoms with Crippen LogP contribution in [0.1, 0.15) is 39.2 Å². The van der Waals surface area contributed by atoms with Gasteiger partial charge in [0.15, 0.2) is 0 Å². The molecule has 1 heterocycles. The first-order chi connectivity index (χ1) is 12.5. The van der Waals surface area contributed by atoms with E-state index in [0.717, 1.165) is 12.1 Å². The Labute approximate surface area is 156 Å². The molecule has 1 aliphatic rings. The van der Waals surface area contributed by atoms with Gasteiger partial charge in [-0.15, -0.1) is 0 Å². The number of carbonyl (C=O) groups excluding carboxylic acids is 1. The first-order valence-corrected chi connectivity index (χ1v) is 8.74. The second-order valence-corrected chi connectivity index (χ2v) is 7.71. The molecule has 3 atom stereocenters. The lowest BCUT2D eigenvalue weighted by molar-refractivity contribution is -0.535. The lowest BCUT2D eigenvalue weighted by Crippen LogP contribution is -2.51. The second-order valence-electron chi connectivity index (χ2n) is 7.71. The summed E-state index contributed by atoms with van der Waals surface area (Å²) in [7, 11) is 0. The van der Waals surface area contributed by atoms with Crippen LogP contribution in [0.4, 0.5) is 13.6 Å². The molecule has 0 radical (unpaired) electrons. The van der Waals surface area contributed by atoms with Crippen LogP contribution in [0.15, 0.2) is 18.2 Å². The Morgan fingerprint density at radius 1 is 1.37 bits per heavy atom. The number of likely N-dealkylation sites (tertiary alicyclic amines) is 1. The number of nitro groups is 1. The summed E-state index contributed by atoms with van der Waals surface area (Å²) in [5.74, 6) is -1.70. The Bertz CT molecular complexity index is 687. The van der Waals surface area contributed by atoms with Crippen LogP contribution in [0.25, 0.3) is 0 Å². The van der Waals surface area contributed by atoms with Gasteiger partial charge in [0, 0.05) is 24.0 Å². The summed E-state index contributed by atoms with van der Waals surface area (Å²) in [5.41, 5.74) is -0.674. The number of rotatable bonds is 5. The fourth-order valence-electron chi connectivity index (χ4n) is 3.24. The summed E-state index contributed by atoms with van der Waals surface area (Å²) in [6.07, 6.45) is -1.56. The van der Waals surface area contributed by atoms with Crippen molar-refractivity contribution in [3.8, 4) is 0 Å². The highest BCUT2D eigenvalue weighted by molar-refractivity contribution is 5.69. The zero-order valence-electron chi connectivity index (χ0n) is 15.5. The number of halogens is 2. The molecule has 1 aliphatic heterocycles. The van der Waals surface area contributed by atoms with Crippen molar-refractivity contribution in [1.82, 2.24) is 4.90 Å². The molecule has 1 aromatic rings. The van der Waals surface area contributed by atoms with E-state index in [0.29, 0.717) is 25.5 Å². The predicted molar refractivity (Wildman–Crippen MR) is 92.8 cm³/mol. The molecule has 1 saturated heterocycles. The minimum absolute atomic E-state index is 0.0649. The van der Waals surface area contributed by atoms with Gasteiger partial charge in [-0.05, 0) is 51.3 Å². The number of benzene rings is 1. The monoisotopic (exact) mass is 386 g/mol. The van der Waals surface area contributed by atoms with Gasteiger partial charge in [-0.1, -0.05) is 0 Å². The molecule has 0 unspecified atom stereocenters. The Morgan fingerprint density at radius 3 is 2.48 bits per heavy atom. The Balaban J connectivity index is 2.18. The van der Waals surface area contributed by atoms with Gasteiger partial charge in [0.05, 0.1) is 6.04 Å². The van der Waals surface area contributed by atoms with Gasteiger partial charge >= 0.3 is 6.09 Å². The quantitative estimate of drug-likeness (QED) is 0.620. The van der Waals surface area contributed by atoms with E-state index < -0.39 is 46.4 Å². The van der Waals surface area contributed by atoms with Crippen LogP contribution in [0, 0.1) is 21.7 Å². The normalized spacial score (nSPS) is 19.6. The number of hydrogen-bond donors (Lipinski definition) is 1. The number of amides is 1. The van der Waals surface area contributed by atoms with Gasteiger partial charge in [-0.3, -0.25) is 10.1 Å². The van der Waals surface area contributed by atoms with Gasteiger partial charge in [0.1, 0.15) is 23.3 Å². The molecular formula is C18H24F2N2O5. The van der Waals surface area contributed by atoms with E-state index in [-0.39, 0.29) is 12.0 Å². The van der Waals surface area contributed by atoms with E-state index in [4.69, 9.17) is 4.74 Å². The number of ether oxygens (including phenoxy) is 1. The first-order valence-electron chi connectivity index (χ1n) is 8.74. The van der Waals surface area contributed by atoms with Crippen molar-refractivity contribution in [2.45, 2.75) is 63.8 Å². The van der Waals surface area contributed by atoms with Crippen molar-refractivity contribution in [3.63, 3.8) is 0 Å². The number of carbonyl (C=O) groups is 1. The zero-order valence-corrected chi connectivity index (χ0v) is 15.5. The van der Waals surface area contributed by atoms with Crippen LogP contribution in [-0.4, -0.2) is 51.4 Å². The fourth-order valence-corrected chi connectivity index (χ4v) is 3.24. The highest BCUT2D eigenvalue weighted by atomic mass is 19.1. The van der Waals surface area contributed by atoms with E-state index in [1.54, 1.807) is 20.8 Å². The fraction of sp³-hybridized carbons (Fsp3) is 0.611. The minimum Gasteiger partial charge on any atom is -0.444 e. The summed E-state index contributed by atoms with van der Waals surface area (Å²) in [6.45, 7) is 5.41. The van der Waals surface area contributed by atoms with Crippen LogP contribution in [0.2, 0.25) is 0 Å². The molecule has 0 aliphatic carbocycles. The van der Waals surface area contributed by atoms with Gasteiger partial charge in [-0.2, -0.15) is 0 Å². The third-order valence-electron chi connectivity index (χ3n) is 4.35. The van der Waals surface area contributed by atoms with Crippen molar-refractivity contribution in [2.75, 3.05) is 6.54 Å². The van der Waals surface area contributed by atoms with E-state index in [1.165, 1.54) is 4.90 Å². The van der Waals surface area contributed by atoms with Crippen molar-refractivity contribution in [2.24, 2.45) is 0 Å². The third kappa shape index (κ3) is 5.59. The van der Waals surface area contributed by atoms with E-state index in [2.05, 4.69) is 0 Å². The largest absolute Gasteiger partial charge is 0.444 e. The lowest BCUT2D eigenvalue weighted by atomic mass is 9.95. The summed E-state index contributed by atoms with van der Waals surface area (Å²) in [5, 5.41) is 22.1. The standard InChI is InChI=1S/C18H24F2N2O5/c1-18(2,3)27-17(24)21-6-4-5-14(21)16(23)15(22(25)26)9-11-7-12(19)10-13(20)8-11/h7-8,10,14-16,23H,4-6,9H2,1-3H3/t14-,15+,16+/m1/s1. The molecule has 0 saturated carbocycles. The molecule has 7 nitrogen and oxygen atoms in total. The van der Waals surface area contributed by atoms with Gasteiger partial charge in [-0.25, -0.2) is 13.6 Å². The van der Waals surface area contributed by atoms with Gasteiger partial charge in [0.2, 0.25) is 6.04 Å². The molecule has 1 aromatic carbocycles. The molecule has 1 N–H and O–H groups in total. The second kappa shape index (κ2) is 8.16. The molecule has 0 aromatic heterocycles. The predicted octanol–water partition coefficient (Wildman–Crippen LogP) is 2.91. The maximum Gasteiger partial charge on any atom is 0.410 e. The highest BCUT2D eigenvalue weighted by Gasteiger charge is 2.44. The number of nitrogens with zero attached hydrogens (tertiary/aromatic N) is 2. The van der Waals surface area contributed by atoms with E-state index in [9.17, 15) is 28.8 Å². The smallest absolute Gasteiger partial charge is 0.410 e. The summed E-state index contributed by atoms with van der Waals surface area (Å²) in [4.78, 5) is 24.4. The highest BCUT2D eigenvalue weighted by Crippen LogP contribution is 2.26. The third-order valence-corrected chi connectivity index (χ3v) is 4.35. The molecule has 0 spiro atoms. The number of aliphatic hydroxyl groups is 1. The van der Waals surface area contributed by atoms with Crippen LogP contribution in [0.3, 0.4) is 0 Å². The Hall–Kier alpha value is -2.29. The van der Waals surface area contributed by atoms with Crippen LogP contribution in [0.5, 0.6) is 0 Å². The summed E-state index contributed by atoms with van der Waals surface area (Å²) >= 11 is 0. The molecule has 2 rings (SSSR count). The summed E-state index contributed by atoms with van der Waals surface area (Å²) < 4.78 is 32.0. The van der Waals surface area contributed by atoms with Crippen molar-refractivity contribution < 1.29 is 28.3 Å². The molecule has 27 heavy (non-hydrogen) atoms. The number of hydrogen-bond acceptors (Lipinski definition) is 5. The minimum atomic E-state index is -1.51. The van der Waals surface area contributed by atoms with Gasteiger partial charge in [0.25, 0.3) is 0 Å².